The van der Waals surface area contributed by atoms with Gasteiger partial charge in [-0.3, -0.25) is 0 Å². The third kappa shape index (κ3) is 1.58. The van der Waals surface area contributed by atoms with Gasteiger partial charge in [0.1, 0.15) is 6.26 Å². The van der Waals surface area contributed by atoms with Gasteiger partial charge in [0, 0.05) is 5.56 Å². The lowest BCUT2D eigenvalue weighted by molar-refractivity contribution is 0.0514. The van der Waals surface area contributed by atoms with Crippen molar-refractivity contribution in [2.24, 2.45) is 0 Å². The summed E-state index contributed by atoms with van der Waals surface area (Å²) in [6.07, 6.45) is 1.41. The second-order valence-corrected chi connectivity index (χ2v) is 2.07. The smallest absolute Gasteiger partial charge is 0.360 e. The highest BCUT2D eigenvalue weighted by molar-refractivity contribution is 5.88. The number of aromatic nitrogens is 1. The van der Waals surface area contributed by atoms with E-state index in [1.807, 2.05) is 0 Å². The first-order valence-electron chi connectivity index (χ1n) is 3.33. The van der Waals surface area contributed by atoms with E-state index in [2.05, 4.69) is 9.68 Å². The van der Waals surface area contributed by atoms with Gasteiger partial charge >= 0.3 is 5.97 Å². The number of hydrogen-bond donors (Lipinski definition) is 0. The standard InChI is InChI=1S/C7H9NO3/c1-3-10-7(9)6-5(2)4-11-8-6/h4H,3H2,1-2H3. The van der Waals surface area contributed by atoms with Crippen molar-refractivity contribution in [3.8, 4) is 0 Å². The lowest BCUT2D eigenvalue weighted by atomic mass is 10.3. The first-order valence-corrected chi connectivity index (χ1v) is 3.33. The summed E-state index contributed by atoms with van der Waals surface area (Å²) in [5, 5.41) is 3.48. The Balaban J connectivity index is 2.76. The molecule has 0 bridgehead atoms. The molecule has 0 aliphatic rings. The predicted molar refractivity (Wildman–Crippen MR) is 37.2 cm³/mol. The molecule has 0 amide bonds. The molecule has 0 saturated heterocycles. The molecule has 1 aromatic rings. The molecule has 1 rings (SSSR count). The number of aryl methyl sites for hydroxylation is 1. The fourth-order valence-corrected chi connectivity index (χ4v) is 0.684. The Labute approximate surface area is 64.1 Å². The van der Waals surface area contributed by atoms with Crippen LogP contribution in [0.3, 0.4) is 0 Å². The molecular formula is C7H9NO3. The van der Waals surface area contributed by atoms with Gasteiger partial charge < -0.3 is 9.26 Å². The van der Waals surface area contributed by atoms with Crippen molar-refractivity contribution >= 4 is 5.97 Å². The van der Waals surface area contributed by atoms with Crippen LogP contribution in [0.25, 0.3) is 0 Å². The Morgan fingerprint density at radius 3 is 3.00 bits per heavy atom. The number of esters is 1. The maximum absolute atomic E-state index is 11.0. The van der Waals surface area contributed by atoms with Crippen LogP contribution in [0.2, 0.25) is 0 Å². The van der Waals surface area contributed by atoms with Gasteiger partial charge in [0.25, 0.3) is 0 Å². The second-order valence-electron chi connectivity index (χ2n) is 2.07. The zero-order valence-electron chi connectivity index (χ0n) is 6.46. The van der Waals surface area contributed by atoms with E-state index >= 15 is 0 Å². The van der Waals surface area contributed by atoms with Crippen molar-refractivity contribution in [1.82, 2.24) is 5.16 Å². The minimum absolute atomic E-state index is 0.256. The number of carbonyl (C=O) groups excluding carboxylic acids is 1. The average molecular weight is 155 g/mol. The molecule has 0 fully saturated rings. The average Bonchev–Trinajstić information content (AvgIpc) is 2.36. The molecule has 0 spiro atoms. The van der Waals surface area contributed by atoms with Crippen LogP contribution >= 0.6 is 0 Å². The number of hydrogen-bond acceptors (Lipinski definition) is 4. The summed E-state index contributed by atoms with van der Waals surface area (Å²) in [5.74, 6) is -0.432. The van der Waals surface area contributed by atoms with Crippen LogP contribution in [0, 0.1) is 6.92 Å². The second kappa shape index (κ2) is 3.18. The SMILES string of the molecule is CCOC(=O)c1nocc1C. The van der Waals surface area contributed by atoms with Crippen molar-refractivity contribution in [2.45, 2.75) is 13.8 Å². The summed E-state index contributed by atoms with van der Waals surface area (Å²) >= 11 is 0. The van der Waals surface area contributed by atoms with E-state index in [1.165, 1.54) is 6.26 Å². The normalized spacial score (nSPS) is 9.64. The van der Waals surface area contributed by atoms with Crippen LogP contribution in [-0.2, 0) is 4.74 Å². The molecule has 0 atom stereocenters. The Morgan fingerprint density at radius 1 is 1.82 bits per heavy atom. The maximum atomic E-state index is 11.0. The molecule has 4 nitrogen and oxygen atoms in total. The monoisotopic (exact) mass is 155 g/mol. The molecule has 11 heavy (non-hydrogen) atoms. The Bertz CT molecular complexity index is 254. The van der Waals surface area contributed by atoms with Crippen LogP contribution in [0.15, 0.2) is 10.8 Å². The van der Waals surface area contributed by atoms with Crippen molar-refractivity contribution in [3.63, 3.8) is 0 Å². The van der Waals surface area contributed by atoms with Crippen LogP contribution in [-0.4, -0.2) is 17.7 Å². The van der Waals surface area contributed by atoms with E-state index in [1.54, 1.807) is 13.8 Å². The topological polar surface area (TPSA) is 52.3 Å². The zero-order valence-corrected chi connectivity index (χ0v) is 6.46. The number of carbonyl (C=O) groups is 1. The quantitative estimate of drug-likeness (QED) is 0.601. The largest absolute Gasteiger partial charge is 0.461 e. The highest BCUT2D eigenvalue weighted by atomic mass is 16.5. The van der Waals surface area contributed by atoms with Gasteiger partial charge in [-0.2, -0.15) is 0 Å². The number of nitrogens with zero attached hydrogens (tertiary/aromatic N) is 1. The van der Waals surface area contributed by atoms with Crippen molar-refractivity contribution in [3.05, 3.63) is 17.5 Å². The van der Waals surface area contributed by atoms with Gasteiger partial charge in [0.2, 0.25) is 0 Å². The molecule has 0 aliphatic carbocycles. The third-order valence-corrected chi connectivity index (χ3v) is 1.22. The lowest BCUT2D eigenvalue weighted by Gasteiger charge is -1.96. The first-order chi connectivity index (χ1) is 5.25. The number of rotatable bonds is 2. The van der Waals surface area contributed by atoms with E-state index < -0.39 is 5.97 Å². The Morgan fingerprint density at radius 2 is 2.55 bits per heavy atom. The van der Waals surface area contributed by atoms with Crippen LogP contribution in [0.5, 0.6) is 0 Å². The molecule has 0 aliphatic heterocycles. The molecule has 1 heterocycles. The summed E-state index contributed by atoms with van der Waals surface area (Å²) in [4.78, 5) is 11.0. The first kappa shape index (κ1) is 7.78. The third-order valence-electron chi connectivity index (χ3n) is 1.22. The highest BCUT2D eigenvalue weighted by Crippen LogP contribution is 2.05. The van der Waals surface area contributed by atoms with Crippen molar-refractivity contribution in [1.29, 1.82) is 0 Å². The molecule has 1 aromatic heterocycles. The van der Waals surface area contributed by atoms with Crippen LogP contribution in [0.4, 0.5) is 0 Å². The predicted octanol–water partition coefficient (Wildman–Crippen LogP) is 1.16. The van der Waals surface area contributed by atoms with Crippen LogP contribution in [0.1, 0.15) is 23.0 Å². The van der Waals surface area contributed by atoms with Gasteiger partial charge in [0.05, 0.1) is 6.61 Å². The van der Waals surface area contributed by atoms with Crippen molar-refractivity contribution in [2.75, 3.05) is 6.61 Å². The summed E-state index contributed by atoms with van der Waals surface area (Å²) in [7, 11) is 0. The fourth-order valence-electron chi connectivity index (χ4n) is 0.684. The molecule has 60 valence electrons. The number of ether oxygens (including phenoxy) is 1. The summed E-state index contributed by atoms with van der Waals surface area (Å²) in [5.41, 5.74) is 0.954. The van der Waals surface area contributed by atoms with Crippen LogP contribution < -0.4 is 0 Å². The van der Waals surface area contributed by atoms with Gasteiger partial charge in [-0.05, 0) is 13.8 Å². The summed E-state index contributed by atoms with van der Waals surface area (Å²) in [6.45, 7) is 3.83. The molecule has 0 unspecified atom stereocenters. The van der Waals surface area contributed by atoms with E-state index in [4.69, 9.17) is 4.74 Å². The zero-order chi connectivity index (χ0) is 8.27. The minimum Gasteiger partial charge on any atom is -0.461 e. The van der Waals surface area contributed by atoms with Gasteiger partial charge in [0.15, 0.2) is 5.69 Å². The molecule has 0 aromatic carbocycles. The highest BCUT2D eigenvalue weighted by Gasteiger charge is 2.13. The van der Waals surface area contributed by atoms with Gasteiger partial charge in [-0.25, -0.2) is 4.79 Å². The molecule has 4 heteroatoms. The summed E-state index contributed by atoms with van der Waals surface area (Å²) < 4.78 is 9.27. The van der Waals surface area contributed by atoms with E-state index in [-0.39, 0.29) is 5.69 Å². The Hall–Kier alpha value is -1.32. The summed E-state index contributed by atoms with van der Waals surface area (Å²) in [6, 6.07) is 0. The van der Waals surface area contributed by atoms with Gasteiger partial charge in [-0.15, -0.1) is 0 Å². The molecular weight excluding hydrogens is 146 g/mol. The fraction of sp³-hybridized carbons (Fsp3) is 0.429. The van der Waals surface area contributed by atoms with Gasteiger partial charge in [-0.1, -0.05) is 5.16 Å². The van der Waals surface area contributed by atoms with E-state index in [9.17, 15) is 4.79 Å². The molecule has 0 saturated carbocycles. The van der Waals surface area contributed by atoms with E-state index in [0.717, 1.165) is 0 Å². The minimum atomic E-state index is -0.432. The lowest BCUT2D eigenvalue weighted by Crippen LogP contribution is -2.06. The van der Waals surface area contributed by atoms with Crippen molar-refractivity contribution < 1.29 is 14.1 Å². The Kier molecular flexibility index (Phi) is 2.25. The maximum Gasteiger partial charge on any atom is 0.360 e. The molecule has 0 N–H and O–H groups in total. The molecule has 0 radical (unpaired) electrons. The van der Waals surface area contributed by atoms with E-state index in [0.29, 0.717) is 12.2 Å².